The summed E-state index contributed by atoms with van der Waals surface area (Å²) in [4.78, 5) is 25.1. The molecule has 0 aliphatic carbocycles. The predicted molar refractivity (Wildman–Crippen MR) is 99.4 cm³/mol. The van der Waals surface area contributed by atoms with Crippen molar-refractivity contribution in [2.75, 3.05) is 11.9 Å². The number of hydrogen-bond acceptors (Lipinski definition) is 3. The van der Waals surface area contributed by atoms with E-state index in [4.69, 9.17) is 4.74 Å². The van der Waals surface area contributed by atoms with Crippen molar-refractivity contribution >= 4 is 17.6 Å². The lowest BCUT2D eigenvalue weighted by Crippen LogP contribution is -2.16. The highest BCUT2D eigenvalue weighted by Crippen LogP contribution is 2.26. The van der Waals surface area contributed by atoms with Crippen LogP contribution in [0.3, 0.4) is 0 Å². The molecule has 5 heteroatoms. The molecule has 2 aromatic rings. The van der Waals surface area contributed by atoms with Crippen molar-refractivity contribution in [2.24, 2.45) is 7.05 Å². The number of carbonyl (C=O) groups excluding carboxylic acids is 2. The van der Waals surface area contributed by atoms with Crippen molar-refractivity contribution in [1.82, 2.24) is 4.57 Å². The number of carbonyl (C=O) groups is 2. The standard InChI is InChI=1S/C20H26N2O3/c1-8-25-20(24)18-14(5)16(15(6)22(18)7)19(23)21-17-12(3)9-11(2)10-13(17)4/h9-10H,8H2,1-7H3,(H,21,23). The molecule has 0 aliphatic rings. The topological polar surface area (TPSA) is 60.3 Å². The molecule has 1 amide bonds. The lowest BCUT2D eigenvalue weighted by Gasteiger charge is -2.13. The van der Waals surface area contributed by atoms with Crippen molar-refractivity contribution in [3.8, 4) is 0 Å². The third-order valence-electron chi connectivity index (χ3n) is 4.54. The third-order valence-corrected chi connectivity index (χ3v) is 4.54. The van der Waals surface area contributed by atoms with Crippen LogP contribution in [0.4, 0.5) is 5.69 Å². The second kappa shape index (κ2) is 7.13. The van der Waals surface area contributed by atoms with Crippen molar-refractivity contribution in [3.63, 3.8) is 0 Å². The highest BCUT2D eigenvalue weighted by molar-refractivity contribution is 6.09. The molecular weight excluding hydrogens is 316 g/mol. The minimum Gasteiger partial charge on any atom is -0.461 e. The quantitative estimate of drug-likeness (QED) is 0.855. The lowest BCUT2D eigenvalue weighted by molar-refractivity contribution is 0.0514. The zero-order valence-corrected chi connectivity index (χ0v) is 16.0. The summed E-state index contributed by atoms with van der Waals surface area (Å²) >= 11 is 0. The fourth-order valence-corrected chi connectivity index (χ4v) is 3.35. The van der Waals surface area contributed by atoms with Gasteiger partial charge < -0.3 is 14.6 Å². The van der Waals surface area contributed by atoms with Crippen LogP contribution in [0.2, 0.25) is 0 Å². The number of esters is 1. The Kier molecular flexibility index (Phi) is 5.36. The molecule has 1 heterocycles. The van der Waals surface area contributed by atoms with E-state index in [1.54, 1.807) is 25.5 Å². The van der Waals surface area contributed by atoms with Gasteiger partial charge in [0.2, 0.25) is 0 Å². The van der Waals surface area contributed by atoms with E-state index in [1.807, 2.05) is 39.8 Å². The first-order valence-electron chi connectivity index (χ1n) is 8.41. The van der Waals surface area contributed by atoms with Crippen LogP contribution in [0.1, 0.15) is 55.7 Å². The zero-order valence-electron chi connectivity index (χ0n) is 16.0. The third kappa shape index (κ3) is 3.45. The summed E-state index contributed by atoms with van der Waals surface area (Å²) in [6.07, 6.45) is 0. The van der Waals surface area contributed by atoms with Crippen molar-refractivity contribution in [2.45, 2.75) is 41.5 Å². The number of anilines is 1. The molecule has 0 spiro atoms. The number of hydrogen-bond donors (Lipinski definition) is 1. The molecule has 0 saturated carbocycles. The van der Waals surface area contributed by atoms with Gasteiger partial charge in [0, 0.05) is 18.4 Å². The van der Waals surface area contributed by atoms with Gasteiger partial charge in [0.1, 0.15) is 5.69 Å². The summed E-state index contributed by atoms with van der Waals surface area (Å²) in [6.45, 7) is 11.7. The second-order valence-electron chi connectivity index (χ2n) is 6.44. The molecule has 0 saturated heterocycles. The summed E-state index contributed by atoms with van der Waals surface area (Å²) in [6, 6.07) is 4.08. The van der Waals surface area contributed by atoms with Crippen LogP contribution in [-0.4, -0.2) is 23.1 Å². The van der Waals surface area contributed by atoms with E-state index in [-0.39, 0.29) is 5.91 Å². The first-order valence-corrected chi connectivity index (χ1v) is 8.41. The summed E-state index contributed by atoms with van der Waals surface area (Å²) < 4.78 is 6.84. The molecular formula is C20H26N2O3. The van der Waals surface area contributed by atoms with Gasteiger partial charge >= 0.3 is 5.97 Å². The minimum atomic E-state index is -0.410. The largest absolute Gasteiger partial charge is 0.461 e. The van der Waals surface area contributed by atoms with E-state index in [9.17, 15) is 9.59 Å². The Morgan fingerprint density at radius 3 is 2.16 bits per heavy atom. The van der Waals surface area contributed by atoms with Crippen LogP contribution in [0.15, 0.2) is 12.1 Å². The smallest absolute Gasteiger partial charge is 0.355 e. The number of amides is 1. The average molecular weight is 342 g/mol. The van der Waals surface area contributed by atoms with Gasteiger partial charge in [-0.3, -0.25) is 4.79 Å². The molecule has 1 aromatic carbocycles. The first kappa shape index (κ1) is 18.8. The monoisotopic (exact) mass is 342 g/mol. The van der Waals surface area contributed by atoms with E-state index in [0.717, 1.165) is 28.1 Å². The highest BCUT2D eigenvalue weighted by Gasteiger charge is 2.26. The number of nitrogens with zero attached hydrogens (tertiary/aromatic N) is 1. The van der Waals surface area contributed by atoms with Crippen LogP contribution in [0.25, 0.3) is 0 Å². The molecule has 25 heavy (non-hydrogen) atoms. The van der Waals surface area contributed by atoms with Gasteiger partial charge in [-0.1, -0.05) is 17.7 Å². The maximum absolute atomic E-state index is 12.9. The highest BCUT2D eigenvalue weighted by atomic mass is 16.5. The van der Waals surface area contributed by atoms with E-state index >= 15 is 0 Å². The molecule has 0 fully saturated rings. The van der Waals surface area contributed by atoms with Crippen molar-refractivity contribution in [3.05, 3.63) is 51.3 Å². The number of rotatable bonds is 4. The van der Waals surface area contributed by atoms with Crippen molar-refractivity contribution < 1.29 is 14.3 Å². The Bertz CT molecular complexity index is 824. The van der Waals surface area contributed by atoms with E-state index in [0.29, 0.717) is 23.4 Å². The summed E-state index contributed by atoms with van der Waals surface area (Å²) in [5.74, 6) is -0.622. The van der Waals surface area contributed by atoms with E-state index < -0.39 is 5.97 Å². The lowest BCUT2D eigenvalue weighted by atomic mass is 10.0. The van der Waals surface area contributed by atoms with Crippen molar-refractivity contribution in [1.29, 1.82) is 0 Å². The minimum absolute atomic E-state index is 0.212. The molecule has 0 bridgehead atoms. The van der Waals surface area contributed by atoms with Gasteiger partial charge in [-0.25, -0.2) is 4.79 Å². The van der Waals surface area contributed by atoms with Gasteiger partial charge in [-0.15, -0.1) is 0 Å². The number of aryl methyl sites for hydroxylation is 3. The maximum Gasteiger partial charge on any atom is 0.355 e. The summed E-state index contributed by atoms with van der Waals surface area (Å²) in [5.41, 5.74) is 6.32. The Balaban J connectivity index is 2.45. The Hall–Kier alpha value is -2.56. The zero-order chi connectivity index (χ0) is 18.9. The van der Waals surface area contributed by atoms with Crippen LogP contribution >= 0.6 is 0 Å². The molecule has 134 valence electrons. The average Bonchev–Trinajstić information content (AvgIpc) is 2.73. The predicted octanol–water partition coefficient (Wildman–Crippen LogP) is 4.00. The van der Waals surface area contributed by atoms with Gasteiger partial charge in [0.25, 0.3) is 5.91 Å². The number of ether oxygens (including phenoxy) is 1. The van der Waals surface area contributed by atoms with Gasteiger partial charge in [0.05, 0.1) is 12.2 Å². The molecule has 0 atom stereocenters. The Labute approximate surface area is 149 Å². The number of aromatic nitrogens is 1. The molecule has 0 radical (unpaired) electrons. The summed E-state index contributed by atoms with van der Waals surface area (Å²) in [7, 11) is 1.77. The van der Waals surface area contributed by atoms with Crippen LogP contribution in [0.5, 0.6) is 0 Å². The van der Waals surface area contributed by atoms with Crippen LogP contribution in [0, 0.1) is 34.6 Å². The fraction of sp³-hybridized carbons (Fsp3) is 0.400. The summed E-state index contributed by atoms with van der Waals surface area (Å²) in [5, 5.41) is 3.01. The number of benzene rings is 1. The normalized spacial score (nSPS) is 10.7. The Morgan fingerprint density at radius 2 is 1.64 bits per heavy atom. The molecule has 5 nitrogen and oxygen atoms in total. The maximum atomic E-state index is 12.9. The van der Waals surface area contributed by atoms with E-state index in [2.05, 4.69) is 5.32 Å². The van der Waals surface area contributed by atoms with Gasteiger partial charge in [-0.05, 0) is 58.2 Å². The van der Waals surface area contributed by atoms with Crippen LogP contribution < -0.4 is 5.32 Å². The molecule has 2 rings (SSSR count). The van der Waals surface area contributed by atoms with E-state index in [1.165, 1.54) is 0 Å². The second-order valence-corrected chi connectivity index (χ2v) is 6.44. The van der Waals surface area contributed by atoms with Crippen LogP contribution in [-0.2, 0) is 11.8 Å². The van der Waals surface area contributed by atoms with Gasteiger partial charge in [-0.2, -0.15) is 0 Å². The molecule has 0 aliphatic heterocycles. The first-order chi connectivity index (χ1) is 11.7. The SMILES string of the molecule is CCOC(=O)c1c(C)c(C(=O)Nc2c(C)cc(C)cc2C)c(C)n1C. The molecule has 1 aromatic heterocycles. The Morgan fingerprint density at radius 1 is 1.08 bits per heavy atom. The molecule has 0 unspecified atom stereocenters. The fourth-order valence-electron chi connectivity index (χ4n) is 3.35. The van der Waals surface area contributed by atoms with Gasteiger partial charge in [0.15, 0.2) is 0 Å². The molecule has 1 N–H and O–H groups in total. The number of nitrogens with one attached hydrogen (secondary N) is 1.